The molecule has 0 amide bonds. The van der Waals surface area contributed by atoms with Gasteiger partial charge in [0.15, 0.2) is 10.8 Å². The number of ether oxygens (including phenoxy) is 2. The van der Waals surface area contributed by atoms with Crippen LogP contribution in [0, 0.1) is 6.92 Å². The summed E-state index contributed by atoms with van der Waals surface area (Å²) in [5.41, 5.74) is 1.10. The summed E-state index contributed by atoms with van der Waals surface area (Å²) in [6.07, 6.45) is 5.39. The molecule has 5 nitrogen and oxygen atoms in total. The van der Waals surface area contributed by atoms with Gasteiger partial charge in [-0.1, -0.05) is 0 Å². The predicted octanol–water partition coefficient (Wildman–Crippen LogP) is 3.87. The molecular weight excluding hydrogens is 336 g/mol. The van der Waals surface area contributed by atoms with Gasteiger partial charge in [-0.2, -0.15) is 0 Å². The van der Waals surface area contributed by atoms with Gasteiger partial charge in [0.1, 0.15) is 5.76 Å². The first-order chi connectivity index (χ1) is 12.3. The summed E-state index contributed by atoms with van der Waals surface area (Å²) in [6, 6.07) is 3.98. The molecule has 0 saturated carbocycles. The third-order valence-electron chi connectivity index (χ3n) is 4.86. The maximum Gasteiger partial charge on any atom is 0.162 e. The van der Waals surface area contributed by atoms with Gasteiger partial charge in [0.2, 0.25) is 0 Å². The molecule has 0 aromatic carbocycles. The van der Waals surface area contributed by atoms with Gasteiger partial charge in [0.25, 0.3) is 0 Å². The molecule has 2 saturated heterocycles. The summed E-state index contributed by atoms with van der Waals surface area (Å²) in [6.45, 7) is 6.53. The molecule has 4 heterocycles. The molecule has 0 bridgehead atoms. The largest absolute Gasteiger partial charge is 0.459 e. The normalized spacial score (nSPS) is 23.8. The van der Waals surface area contributed by atoms with Crippen molar-refractivity contribution in [1.82, 2.24) is 9.88 Å². The van der Waals surface area contributed by atoms with Crippen LogP contribution >= 0.6 is 11.3 Å². The Morgan fingerprint density at radius 3 is 2.40 bits per heavy atom. The smallest absolute Gasteiger partial charge is 0.162 e. The van der Waals surface area contributed by atoms with Crippen molar-refractivity contribution in [1.29, 1.82) is 0 Å². The molecule has 25 heavy (non-hydrogen) atoms. The lowest BCUT2D eigenvalue weighted by Crippen LogP contribution is -2.37. The SMILES string of the molecule is Cc1ccc(-c2nc(CN(C[C@H]3CCCO3)C[C@H]3CCCO3)cs2)o1. The molecule has 0 aliphatic carbocycles. The summed E-state index contributed by atoms with van der Waals surface area (Å²) < 4.78 is 17.4. The Hall–Kier alpha value is -1.21. The van der Waals surface area contributed by atoms with E-state index in [4.69, 9.17) is 18.9 Å². The van der Waals surface area contributed by atoms with Gasteiger partial charge in [-0.25, -0.2) is 4.98 Å². The van der Waals surface area contributed by atoms with Crippen LogP contribution in [0.15, 0.2) is 21.9 Å². The number of rotatable bonds is 7. The Bertz CT molecular complexity index is 654. The second kappa shape index (κ2) is 7.99. The van der Waals surface area contributed by atoms with E-state index in [1.54, 1.807) is 11.3 Å². The number of furan rings is 1. The van der Waals surface area contributed by atoms with Crippen LogP contribution in [-0.4, -0.2) is 48.4 Å². The molecule has 4 rings (SSSR count). The molecule has 0 unspecified atom stereocenters. The zero-order valence-electron chi connectivity index (χ0n) is 14.8. The van der Waals surface area contributed by atoms with Crippen LogP contribution in [0.3, 0.4) is 0 Å². The van der Waals surface area contributed by atoms with Gasteiger partial charge < -0.3 is 13.9 Å². The molecule has 0 N–H and O–H groups in total. The Morgan fingerprint density at radius 1 is 1.12 bits per heavy atom. The van der Waals surface area contributed by atoms with Crippen LogP contribution in [0.1, 0.15) is 37.1 Å². The van der Waals surface area contributed by atoms with E-state index in [9.17, 15) is 0 Å². The summed E-state index contributed by atoms with van der Waals surface area (Å²) >= 11 is 1.65. The number of aryl methyl sites for hydroxylation is 1. The highest BCUT2D eigenvalue weighted by Gasteiger charge is 2.24. The Morgan fingerprint density at radius 2 is 1.84 bits per heavy atom. The predicted molar refractivity (Wildman–Crippen MR) is 97.8 cm³/mol. The fourth-order valence-corrected chi connectivity index (χ4v) is 4.40. The van der Waals surface area contributed by atoms with Gasteiger partial charge in [-0.05, 0) is 44.7 Å². The number of hydrogen-bond acceptors (Lipinski definition) is 6. The topological polar surface area (TPSA) is 47.7 Å². The van der Waals surface area contributed by atoms with Gasteiger partial charge in [0.05, 0.1) is 17.9 Å². The zero-order chi connectivity index (χ0) is 17.1. The lowest BCUT2D eigenvalue weighted by molar-refractivity contribution is 0.0342. The van der Waals surface area contributed by atoms with E-state index in [1.165, 1.54) is 12.8 Å². The molecule has 2 atom stereocenters. The summed E-state index contributed by atoms with van der Waals surface area (Å²) in [7, 11) is 0. The van der Waals surface area contributed by atoms with Crippen LogP contribution < -0.4 is 0 Å². The Kier molecular flexibility index (Phi) is 5.51. The van der Waals surface area contributed by atoms with Crippen molar-refractivity contribution in [2.75, 3.05) is 26.3 Å². The summed E-state index contributed by atoms with van der Waals surface area (Å²) in [4.78, 5) is 7.24. The van der Waals surface area contributed by atoms with Crippen molar-refractivity contribution in [2.45, 2.75) is 51.4 Å². The highest BCUT2D eigenvalue weighted by Crippen LogP contribution is 2.26. The second-order valence-electron chi connectivity index (χ2n) is 7.02. The van der Waals surface area contributed by atoms with E-state index >= 15 is 0 Å². The van der Waals surface area contributed by atoms with Crippen LogP contribution in [0.5, 0.6) is 0 Å². The molecule has 6 heteroatoms. The summed E-state index contributed by atoms with van der Waals surface area (Å²) in [5, 5.41) is 3.10. The van der Waals surface area contributed by atoms with Crippen molar-refractivity contribution < 1.29 is 13.9 Å². The molecule has 2 aromatic rings. The number of nitrogens with zero attached hydrogens (tertiary/aromatic N) is 2. The molecule has 136 valence electrons. The molecule has 2 fully saturated rings. The summed E-state index contributed by atoms with van der Waals surface area (Å²) in [5.74, 6) is 1.78. The third-order valence-corrected chi connectivity index (χ3v) is 5.77. The van der Waals surface area contributed by atoms with Crippen LogP contribution in [-0.2, 0) is 16.0 Å². The van der Waals surface area contributed by atoms with Crippen molar-refractivity contribution in [3.63, 3.8) is 0 Å². The molecule has 2 aliphatic heterocycles. The maximum absolute atomic E-state index is 5.85. The zero-order valence-corrected chi connectivity index (χ0v) is 15.6. The van der Waals surface area contributed by atoms with Crippen molar-refractivity contribution in [3.8, 4) is 10.8 Å². The average molecular weight is 362 g/mol. The number of hydrogen-bond donors (Lipinski definition) is 0. The first-order valence-electron chi connectivity index (χ1n) is 9.23. The van der Waals surface area contributed by atoms with Crippen molar-refractivity contribution in [2.24, 2.45) is 0 Å². The molecule has 2 aliphatic rings. The van der Waals surface area contributed by atoms with Crippen LogP contribution in [0.4, 0.5) is 0 Å². The van der Waals surface area contributed by atoms with Crippen LogP contribution in [0.2, 0.25) is 0 Å². The Labute approximate surface area is 152 Å². The Balaban J connectivity index is 1.42. The lowest BCUT2D eigenvalue weighted by atomic mass is 10.2. The maximum atomic E-state index is 5.85. The lowest BCUT2D eigenvalue weighted by Gasteiger charge is -2.26. The minimum atomic E-state index is 0.354. The van der Waals surface area contributed by atoms with Gasteiger partial charge >= 0.3 is 0 Å². The molecule has 2 aromatic heterocycles. The molecular formula is C19H26N2O3S. The van der Waals surface area contributed by atoms with E-state index in [1.807, 2.05) is 19.1 Å². The number of thiazole rings is 1. The monoisotopic (exact) mass is 362 g/mol. The number of aromatic nitrogens is 1. The fourth-order valence-electron chi connectivity index (χ4n) is 3.63. The fraction of sp³-hybridized carbons (Fsp3) is 0.632. The minimum absolute atomic E-state index is 0.354. The standard InChI is InChI=1S/C19H26N2O3S/c1-14-6-7-18(24-14)19-20-15(13-25-19)10-21(11-16-4-2-8-22-16)12-17-5-3-9-23-17/h6-7,13,16-17H,2-5,8-12H2,1H3/t16-,17-/m1/s1. The second-order valence-corrected chi connectivity index (χ2v) is 7.88. The van der Waals surface area contributed by atoms with Crippen molar-refractivity contribution >= 4 is 11.3 Å². The van der Waals surface area contributed by atoms with Crippen LogP contribution in [0.25, 0.3) is 10.8 Å². The minimum Gasteiger partial charge on any atom is -0.459 e. The highest BCUT2D eigenvalue weighted by molar-refractivity contribution is 7.13. The van der Waals surface area contributed by atoms with Gasteiger partial charge in [-0.15, -0.1) is 11.3 Å². The van der Waals surface area contributed by atoms with E-state index in [2.05, 4.69) is 10.3 Å². The average Bonchev–Trinajstić information content (AvgIpc) is 3.34. The van der Waals surface area contributed by atoms with E-state index in [-0.39, 0.29) is 0 Å². The van der Waals surface area contributed by atoms with Gasteiger partial charge in [-0.3, -0.25) is 4.90 Å². The molecule has 0 radical (unpaired) electrons. The van der Waals surface area contributed by atoms with Crippen molar-refractivity contribution in [3.05, 3.63) is 29.0 Å². The van der Waals surface area contributed by atoms with E-state index in [0.717, 1.165) is 67.9 Å². The quantitative estimate of drug-likeness (QED) is 0.748. The van der Waals surface area contributed by atoms with Gasteiger partial charge in [0, 0.05) is 38.2 Å². The first kappa shape index (κ1) is 17.2. The van der Waals surface area contributed by atoms with E-state index in [0.29, 0.717) is 12.2 Å². The highest BCUT2D eigenvalue weighted by atomic mass is 32.1. The van der Waals surface area contributed by atoms with E-state index < -0.39 is 0 Å². The first-order valence-corrected chi connectivity index (χ1v) is 10.1. The molecule has 0 spiro atoms. The third kappa shape index (κ3) is 4.50.